The first-order valence-corrected chi connectivity index (χ1v) is 7.15. The number of anilines is 1. The Kier molecular flexibility index (Phi) is 6.73. The van der Waals surface area contributed by atoms with Gasteiger partial charge in [0.25, 0.3) is 8.18 Å². The first-order chi connectivity index (χ1) is 8.67. The maximum atomic E-state index is 11.6. The van der Waals surface area contributed by atoms with Gasteiger partial charge < -0.3 is 14.3 Å². The molecule has 1 aromatic rings. The molecule has 0 aliphatic heterocycles. The number of methoxy groups -OCH3 is 1. The molecule has 5 heteroatoms. The summed E-state index contributed by atoms with van der Waals surface area (Å²) in [6, 6.07) is 5.84. The van der Waals surface area contributed by atoms with E-state index in [1.807, 2.05) is 44.2 Å². The third-order valence-corrected chi connectivity index (χ3v) is 3.35. The lowest BCUT2D eigenvalue weighted by molar-refractivity contribution is 0.151. The summed E-state index contributed by atoms with van der Waals surface area (Å²) in [5.41, 5.74) is 3.09. The molecule has 0 heterocycles. The third-order valence-electron chi connectivity index (χ3n) is 2.39. The van der Waals surface area contributed by atoms with Crippen molar-refractivity contribution >= 4 is 19.9 Å². The van der Waals surface area contributed by atoms with Crippen molar-refractivity contribution in [3.63, 3.8) is 0 Å². The van der Waals surface area contributed by atoms with Gasteiger partial charge in [0, 0.05) is 12.8 Å². The van der Waals surface area contributed by atoms with Gasteiger partial charge in [-0.3, -0.25) is 4.57 Å². The van der Waals surface area contributed by atoms with Crippen LogP contribution in [0.1, 0.15) is 18.1 Å². The molecule has 4 nitrogen and oxygen atoms in total. The van der Waals surface area contributed by atoms with Crippen molar-refractivity contribution in [1.82, 2.24) is 0 Å². The zero-order valence-corrected chi connectivity index (χ0v) is 12.0. The normalized spacial score (nSPS) is 12.8. The highest BCUT2D eigenvalue weighted by Crippen LogP contribution is 2.26. The Labute approximate surface area is 109 Å². The van der Waals surface area contributed by atoms with Crippen LogP contribution in [0.25, 0.3) is 6.08 Å². The number of hydrogen-bond acceptors (Lipinski definition) is 3. The highest BCUT2D eigenvalue weighted by molar-refractivity contribution is 7.40. The zero-order valence-electron chi connectivity index (χ0n) is 11.0. The number of ether oxygens (including phenoxy) is 1. The lowest BCUT2D eigenvalue weighted by Gasteiger charge is -2.09. The molecule has 0 saturated carbocycles. The largest absolute Gasteiger partial charge is 0.382 e. The molecule has 0 fully saturated rings. The number of hydrogen-bond donors (Lipinski definition) is 1. The zero-order chi connectivity index (χ0) is 13.4. The van der Waals surface area contributed by atoms with Crippen LogP contribution < -0.4 is 5.09 Å². The van der Waals surface area contributed by atoms with Crippen molar-refractivity contribution < 1.29 is 13.8 Å². The summed E-state index contributed by atoms with van der Waals surface area (Å²) in [5.74, 6) is 0. The lowest BCUT2D eigenvalue weighted by atomic mass is 10.1. The van der Waals surface area contributed by atoms with Gasteiger partial charge in [-0.2, -0.15) is 0 Å². The van der Waals surface area contributed by atoms with Gasteiger partial charge in [0.1, 0.15) is 0 Å². The Hall–Kier alpha value is -1.09. The average Bonchev–Trinajstić information content (AvgIpc) is 2.34. The summed E-state index contributed by atoms with van der Waals surface area (Å²) in [4.78, 5) is 0. The Balaban J connectivity index is 2.61. The quantitative estimate of drug-likeness (QED) is 0.608. The molecule has 1 aromatic carbocycles. The summed E-state index contributed by atoms with van der Waals surface area (Å²) in [7, 11) is -0.682. The van der Waals surface area contributed by atoms with Crippen LogP contribution in [0.15, 0.2) is 24.3 Å². The van der Waals surface area contributed by atoms with E-state index < -0.39 is 8.18 Å². The topological polar surface area (TPSA) is 47.6 Å². The van der Waals surface area contributed by atoms with Crippen molar-refractivity contribution in [3.8, 4) is 0 Å². The minimum Gasteiger partial charge on any atom is -0.382 e. The molecule has 1 unspecified atom stereocenters. The van der Waals surface area contributed by atoms with E-state index in [4.69, 9.17) is 9.26 Å². The van der Waals surface area contributed by atoms with Crippen LogP contribution in [0.5, 0.6) is 0 Å². The summed E-state index contributed by atoms with van der Waals surface area (Å²) in [6.07, 6.45) is 3.99. The summed E-state index contributed by atoms with van der Waals surface area (Å²) >= 11 is 0. The molecular formula is C13H20NO3P. The Morgan fingerprint density at radius 2 is 2.17 bits per heavy atom. The van der Waals surface area contributed by atoms with Crippen molar-refractivity contribution in [3.05, 3.63) is 35.4 Å². The van der Waals surface area contributed by atoms with E-state index >= 15 is 0 Å². The fraction of sp³-hybridized carbons (Fsp3) is 0.385. The van der Waals surface area contributed by atoms with Crippen LogP contribution in [0, 0.1) is 6.92 Å². The molecular weight excluding hydrogens is 249 g/mol. The van der Waals surface area contributed by atoms with Gasteiger partial charge in [0.05, 0.1) is 13.2 Å². The Bertz CT molecular complexity index is 432. The summed E-state index contributed by atoms with van der Waals surface area (Å²) in [5, 5.41) is 2.86. The Morgan fingerprint density at radius 3 is 2.83 bits per heavy atom. The molecule has 100 valence electrons. The second-order valence-electron chi connectivity index (χ2n) is 3.83. The molecule has 1 rings (SSSR count). The van der Waals surface area contributed by atoms with E-state index in [1.54, 1.807) is 7.11 Å². The van der Waals surface area contributed by atoms with Crippen molar-refractivity contribution in [2.45, 2.75) is 13.8 Å². The highest BCUT2D eigenvalue weighted by Gasteiger charge is 2.02. The van der Waals surface area contributed by atoms with Gasteiger partial charge in [0.15, 0.2) is 0 Å². The lowest BCUT2D eigenvalue weighted by Crippen LogP contribution is -1.99. The van der Waals surface area contributed by atoms with Crippen molar-refractivity contribution in [1.29, 1.82) is 0 Å². The first kappa shape index (κ1) is 15.0. The van der Waals surface area contributed by atoms with E-state index in [9.17, 15) is 4.57 Å². The predicted octanol–water partition coefficient (Wildman–Crippen LogP) is 3.49. The fourth-order valence-corrected chi connectivity index (χ4v) is 2.18. The van der Waals surface area contributed by atoms with E-state index in [-0.39, 0.29) is 0 Å². The third kappa shape index (κ3) is 5.05. The van der Waals surface area contributed by atoms with Gasteiger partial charge in [-0.25, -0.2) is 0 Å². The smallest absolute Gasteiger partial charge is 0.282 e. The molecule has 0 radical (unpaired) electrons. The van der Waals surface area contributed by atoms with Crippen LogP contribution in [-0.4, -0.2) is 20.3 Å². The van der Waals surface area contributed by atoms with Crippen LogP contribution in [0.2, 0.25) is 0 Å². The summed E-state index contributed by atoms with van der Waals surface area (Å²) in [6.45, 7) is 4.78. The highest BCUT2D eigenvalue weighted by atomic mass is 31.1. The molecule has 0 aliphatic carbocycles. The van der Waals surface area contributed by atoms with Crippen LogP contribution in [0.4, 0.5) is 5.69 Å². The van der Waals surface area contributed by atoms with Crippen molar-refractivity contribution in [2.24, 2.45) is 0 Å². The van der Waals surface area contributed by atoms with E-state index in [0.717, 1.165) is 11.3 Å². The molecule has 1 N–H and O–H groups in total. The molecule has 0 aliphatic rings. The van der Waals surface area contributed by atoms with Gasteiger partial charge in [0.2, 0.25) is 0 Å². The number of nitrogens with one attached hydrogen (secondary N) is 1. The van der Waals surface area contributed by atoms with E-state index in [0.29, 0.717) is 13.2 Å². The van der Waals surface area contributed by atoms with Gasteiger partial charge in [-0.1, -0.05) is 18.2 Å². The number of aryl methyl sites for hydroxylation is 1. The minimum absolute atomic E-state index is 0.328. The van der Waals surface area contributed by atoms with Gasteiger partial charge in [-0.15, -0.1) is 0 Å². The standard InChI is InChI=1S/C13H20NO3P/c1-4-5-12-10-13(7-6-11(12)2)14-18(15)17-9-8-16-3/h4-7,10,18H,8-9H2,1-3H3,(H,14,15)/b5-4-. The molecule has 0 saturated heterocycles. The number of allylic oxidation sites excluding steroid dienone is 1. The molecule has 0 bridgehead atoms. The monoisotopic (exact) mass is 269 g/mol. The molecule has 0 aromatic heterocycles. The van der Waals surface area contributed by atoms with E-state index in [1.165, 1.54) is 5.56 Å². The minimum atomic E-state index is -2.26. The predicted molar refractivity (Wildman–Crippen MR) is 76.3 cm³/mol. The molecule has 1 atom stereocenters. The van der Waals surface area contributed by atoms with Crippen LogP contribution in [-0.2, 0) is 13.8 Å². The van der Waals surface area contributed by atoms with Gasteiger partial charge >= 0.3 is 0 Å². The maximum absolute atomic E-state index is 11.6. The van der Waals surface area contributed by atoms with E-state index in [2.05, 4.69) is 5.09 Å². The fourth-order valence-electron chi connectivity index (χ4n) is 1.45. The van der Waals surface area contributed by atoms with Gasteiger partial charge in [-0.05, 0) is 37.1 Å². The number of rotatable bonds is 7. The Morgan fingerprint density at radius 1 is 1.39 bits per heavy atom. The maximum Gasteiger partial charge on any atom is 0.282 e. The molecule has 18 heavy (non-hydrogen) atoms. The molecule has 0 spiro atoms. The van der Waals surface area contributed by atoms with Crippen LogP contribution in [0.3, 0.4) is 0 Å². The van der Waals surface area contributed by atoms with Crippen LogP contribution >= 0.6 is 8.18 Å². The SMILES string of the molecule is C/C=C\c1cc(N[PH](=O)OCCOC)ccc1C. The summed E-state index contributed by atoms with van der Waals surface area (Å²) < 4.78 is 21.6. The van der Waals surface area contributed by atoms with Crippen molar-refractivity contribution in [2.75, 3.05) is 25.4 Å². The second-order valence-corrected chi connectivity index (χ2v) is 4.94. The number of benzene rings is 1. The average molecular weight is 269 g/mol. The second kappa shape index (κ2) is 8.09. The first-order valence-electron chi connectivity index (χ1n) is 5.83. The molecule has 0 amide bonds.